The largest absolute Gasteiger partial charge is 0.496 e. The van der Waals surface area contributed by atoms with Crippen LogP contribution in [0.25, 0.3) is 0 Å². The molecule has 2 N–H and O–H groups in total. The van der Waals surface area contributed by atoms with E-state index in [0.29, 0.717) is 5.69 Å². The van der Waals surface area contributed by atoms with Crippen molar-refractivity contribution in [2.45, 2.75) is 26.7 Å². The Hall–Kier alpha value is -2.83. The standard InChI is InChI=1S/C17H21N3O4/c1-9(15-10(2)19-20(4)11(15)3)16(21)18-12-6-7-13(17(22)23)14(8-12)24-5/h6-9H,1-5H3,(H,18,21)(H,22,23). The summed E-state index contributed by atoms with van der Waals surface area (Å²) in [5.41, 5.74) is 3.17. The van der Waals surface area contributed by atoms with E-state index in [-0.39, 0.29) is 23.1 Å². The number of carboxylic acids is 1. The van der Waals surface area contributed by atoms with Crippen molar-refractivity contribution in [3.8, 4) is 5.75 Å². The Balaban J connectivity index is 2.24. The SMILES string of the molecule is COc1cc(NC(=O)C(C)c2c(C)nn(C)c2C)ccc1C(=O)O. The molecule has 2 rings (SSSR count). The fourth-order valence-corrected chi connectivity index (χ4v) is 2.74. The van der Waals surface area contributed by atoms with Crippen LogP contribution in [-0.2, 0) is 11.8 Å². The quantitative estimate of drug-likeness (QED) is 0.878. The fraction of sp³-hybridized carbons (Fsp3) is 0.353. The van der Waals surface area contributed by atoms with Gasteiger partial charge in [0, 0.05) is 30.1 Å². The predicted octanol–water partition coefficient (Wildman–Crippen LogP) is 2.49. The van der Waals surface area contributed by atoms with Crippen LogP contribution >= 0.6 is 0 Å². The molecule has 2 aromatic rings. The Bertz CT molecular complexity index is 795. The minimum atomic E-state index is -1.08. The molecule has 0 aliphatic carbocycles. The number of carbonyl (C=O) groups excluding carboxylic acids is 1. The number of hydrogen-bond acceptors (Lipinski definition) is 4. The van der Waals surface area contributed by atoms with Crippen LogP contribution in [0, 0.1) is 13.8 Å². The molecule has 1 aromatic heterocycles. The molecular weight excluding hydrogens is 310 g/mol. The summed E-state index contributed by atoms with van der Waals surface area (Å²) in [6.07, 6.45) is 0. The lowest BCUT2D eigenvalue weighted by molar-refractivity contribution is -0.117. The van der Waals surface area contributed by atoms with E-state index >= 15 is 0 Å². The summed E-state index contributed by atoms with van der Waals surface area (Å²) >= 11 is 0. The van der Waals surface area contributed by atoms with Gasteiger partial charge < -0.3 is 15.2 Å². The van der Waals surface area contributed by atoms with Crippen LogP contribution in [0.15, 0.2) is 18.2 Å². The maximum atomic E-state index is 12.5. The van der Waals surface area contributed by atoms with Crippen LogP contribution in [0.4, 0.5) is 5.69 Å². The summed E-state index contributed by atoms with van der Waals surface area (Å²) in [5, 5.41) is 16.2. The number of anilines is 1. The highest BCUT2D eigenvalue weighted by molar-refractivity contribution is 5.97. The molecule has 0 aliphatic heterocycles. The number of nitrogens with one attached hydrogen (secondary N) is 1. The summed E-state index contributed by atoms with van der Waals surface area (Å²) in [6, 6.07) is 4.44. The lowest BCUT2D eigenvalue weighted by Crippen LogP contribution is -2.20. The molecule has 128 valence electrons. The monoisotopic (exact) mass is 331 g/mol. The van der Waals surface area contributed by atoms with Gasteiger partial charge in [-0.05, 0) is 32.9 Å². The van der Waals surface area contributed by atoms with E-state index in [1.807, 2.05) is 27.8 Å². The third-order valence-electron chi connectivity index (χ3n) is 4.09. The molecule has 1 unspecified atom stereocenters. The van der Waals surface area contributed by atoms with E-state index in [9.17, 15) is 9.59 Å². The molecule has 0 fully saturated rings. The molecule has 1 heterocycles. The zero-order chi connectivity index (χ0) is 18.0. The van der Waals surface area contributed by atoms with Crippen molar-refractivity contribution >= 4 is 17.6 Å². The number of carbonyl (C=O) groups is 2. The second-order valence-corrected chi connectivity index (χ2v) is 5.64. The Labute approximate surface area is 140 Å². The van der Waals surface area contributed by atoms with Gasteiger partial charge in [0.1, 0.15) is 11.3 Å². The smallest absolute Gasteiger partial charge is 0.339 e. The van der Waals surface area contributed by atoms with E-state index in [0.717, 1.165) is 17.0 Å². The number of aromatic nitrogens is 2. The number of hydrogen-bond donors (Lipinski definition) is 2. The first kappa shape index (κ1) is 17.5. The molecule has 0 aliphatic rings. The summed E-state index contributed by atoms with van der Waals surface area (Å²) in [5.74, 6) is -1.47. The molecule has 0 radical (unpaired) electrons. The molecule has 1 amide bonds. The highest BCUT2D eigenvalue weighted by Crippen LogP contribution is 2.27. The summed E-state index contributed by atoms with van der Waals surface area (Å²) in [7, 11) is 3.23. The average molecular weight is 331 g/mol. The molecule has 1 aromatic carbocycles. The van der Waals surface area contributed by atoms with Crippen molar-refractivity contribution in [1.29, 1.82) is 0 Å². The van der Waals surface area contributed by atoms with Crippen LogP contribution in [0.3, 0.4) is 0 Å². The number of benzene rings is 1. The van der Waals surface area contributed by atoms with E-state index in [1.165, 1.54) is 19.2 Å². The lowest BCUT2D eigenvalue weighted by Gasteiger charge is -2.14. The minimum Gasteiger partial charge on any atom is -0.496 e. The van der Waals surface area contributed by atoms with Crippen molar-refractivity contribution in [2.75, 3.05) is 12.4 Å². The fourth-order valence-electron chi connectivity index (χ4n) is 2.74. The number of carboxylic acid groups (broad SMARTS) is 1. The number of amides is 1. The van der Waals surface area contributed by atoms with Gasteiger partial charge in [0.05, 0.1) is 18.7 Å². The first-order valence-electron chi connectivity index (χ1n) is 7.48. The van der Waals surface area contributed by atoms with Gasteiger partial charge >= 0.3 is 5.97 Å². The highest BCUT2D eigenvalue weighted by Gasteiger charge is 2.23. The molecule has 0 spiro atoms. The number of aromatic carboxylic acids is 1. The second kappa shape index (κ2) is 6.74. The van der Waals surface area contributed by atoms with Crippen molar-refractivity contribution in [2.24, 2.45) is 7.05 Å². The Kier molecular flexibility index (Phi) is 4.92. The van der Waals surface area contributed by atoms with Gasteiger partial charge in [-0.3, -0.25) is 9.48 Å². The Morgan fingerprint density at radius 2 is 2.00 bits per heavy atom. The van der Waals surface area contributed by atoms with Crippen molar-refractivity contribution in [1.82, 2.24) is 9.78 Å². The van der Waals surface area contributed by atoms with Gasteiger partial charge in [-0.2, -0.15) is 5.10 Å². The first-order chi connectivity index (χ1) is 11.3. The van der Waals surface area contributed by atoms with E-state index in [2.05, 4.69) is 10.4 Å². The number of methoxy groups -OCH3 is 1. The summed E-state index contributed by atoms with van der Waals surface area (Å²) in [6.45, 7) is 5.61. The number of rotatable bonds is 5. The number of ether oxygens (including phenoxy) is 1. The van der Waals surface area contributed by atoms with E-state index < -0.39 is 5.97 Å². The summed E-state index contributed by atoms with van der Waals surface area (Å²) in [4.78, 5) is 23.6. The third kappa shape index (κ3) is 3.24. The van der Waals surface area contributed by atoms with Crippen molar-refractivity contribution in [3.63, 3.8) is 0 Å². The molecule has 7 heteroatoms. The van der Waals surface area contributed by atoms with E-state index in [1.54, 1.807) is 10.7 Å². The summed E-state index contributed by atoms with van der Waals surface area (Å²) < 4.78 is 6.82. The van der Waals surface area contributed by atoms with Gasteiger partial charge in [0.15, 0.2) is 0 Å². The number of nitrogens with zero attached hydrogens (tertiary/aromatic N) is 2. The maximum Gasteiger partial charge on any atom is 0.339 e. The van der Waals surface area contributed by atoms with E-state index in [4.69, 9.17) is 9.84 Å². The van der Waals surface area contributed by atoms with Crippen LogP contribution in [-0.4, -0.2) is 33.9 Å². The first-order valence-corrected chi connectivity index (χ1v) is 7.48. The van der Waals surface area contributed by atoms with Crippen LogP contribution in [0.5, 0.6) is 5.75 Å². The normalized spacial score (nSPS) is 11.9. The number of aryl methyl sites for hydroxylation is 2. The zero-order valence-corrected chi connectivity index (χ0v) is 14.4. The molecule has 0 saturated heterocycles. The molecule has 7 nitrogen and oxygen atoms in total. The van der Waals surface area contributed by atoms with Crippen molar-refractivity contribution < 1.29 is 19.4 Å². The van der Waals surface area contributed by atoms with Crippen LogP contribution in [0.1, 0.15) is 40.2 Å². The average Bonchev–Trinajstić information content (AvgIpc) is 2.78. The molecular formula is C17H21N3O4. The Morgan fingerprint density at radius 1 is 1.33 bits per heavy atom. The third-order valence-corrected chi connectivity index (χ3v) is 4.09. The molecule has 1 atom stereocenters. The Morgan fingerprint density at radius 3 is 2.50 bits per heavy atom. The highest BCUT2D eigenvalue weighted by atomic mass is 16.5. The van der Waals surface area contributed by atoms with Gasteiger partial charge in [-0.1, -0.05) is 0 Å². The van der Waals surface area contributed by atoms with Crippen molar-refractivity contribution in [3.05, 3.63) is 40.7 Å². The maximum absolute atomic E-state index is 12.5. The van der Waals surface area contributed by atoms with Crippen LogP contribution in [0.2, 0.25) is 0 Å². The van der Waals surface area contributed by atoms with Crippen LogP contribution < -0.4 is 10.1 Å². The lowest BCUT2D eigenvalue weighted by atomic mass is 9.98. The van der Waals surface area contributed by atoms with Gasteiger partial charge in [0.2, 0.25) is 5.91 Å². The topological polar surface area (TPSA) is 93.5 Å². The van der Waals surface area contributed by atoms with Gasteiger partial charge in [-0.15, -0.1) is 0 Å². The molecule has 24 heavy (non-hydrogen) atoms. The van der Waals surface area contributed by atoms with Gasteiger partial charge in [0.25, 0.3) is 0 Å². The molecule has 0 bridgehead atoms. The zero-order valence-electron chi connectivity index (χ0n) is 14.4. The molecule has 0 saturated carbocycles. The minimum absolute atomic E-state index is 0.0440. The predicted molar refractivity (Wildman–Crippen MR) is 89.7 cm³/mol. The second-order valence-electron chi connectivity index (χ2n) is 5.64. The van der Waals surface area contributed by atoms with Gasteiger partial charge in [-0.25, -0.2) is 4.79 Å².